The maximum Gasteiger partial charge on any atom is 0.240 e. The summed E-state index contributed by atoms with van der Waals surface area (Å²) < 4.78 is 0. The van der Waals surface area contributed by atoms with Crippen LogP contribution in [0, 0.1) is 0 Å². The zero-order chi connectivity index (χ0) is 13.8. The van der Waals surface area contributed by atoms with Gasteiger partial charge < -0.3 is 10.6 Å². The van der Waals surface area contributed by atoms with Crippen molar-refractivity contribution in [2.45, 2.75) is 32.2 Å². The SMILES string of the molecule is CCC1CCCN1CC(=O)N(C)c1ccc(N)cc1. The highest BCUT2D eigenvalue weighted by Gasteiger charge is 2.25. The van der Waals surface area contributed by atoms with E-state index in [4.69, 9.17) is 5.73 Å². The largest absolute Gasteiger partial charge is 0.399 e. The van der Waals surface area contributed by atoms with Gasteiger partial charge in [0.25, 0.3) is 0 Å². The lowest BCUT2D eigenvalue weighted by atomic mass is 10.2. The zero-order valence-corrected chi connectivity index (χ0v) is 11.8. The summed E-state index contributed by atoms with van der Waals surface area (Å²) in [4.78, 5) is 16.3. The van der Waals surface area contributed by atoms with Crippen LogP contribution < -0.4 is 10.6 Å². The van der Waals surface area contributed by atoms with Crippen LogP contribution in [0.5, 0.6) is 0 Å². The van der Waals surface area contributed by atoms with Crippen molar-refractivity contribution in [3.05, 3.63) is 24.3 Å². The molecule has 19 heavy (non-hydrogen) atoms. The van der Waals surface area contributed by atoms with Crippen LogP contribution in [0.25, 0.3) is 0 Å². The van der Waals surface area contributed by atoms with E-state index in [0.29, 0.717) is 12.6 Å². The van der Waals surface area contributed by atoms with Gasteiger partial charge >= 0.3 is 0 Å². The Labute approximate surface area is 115 Å². The van der Waals surface area contributed by atoms with Gasteiger partial charge in [-0.3, -0.25) is 9.69 Å². The minimum atomic E-state index is 0.144. The second-order valence-electron chi connectivity index (χ2n) is 5.22. The van der Waals surface area contributed by atoms with Crippen LogP contribution in [-0.4, -0.2) is 37.0 Å². The summed E-state index contributed by atoms with van der Waals surface area (Å²) in [6.07, 6.45) is 3.55. The minimum Gasteiger partial charge on any atom is -0.399 e. The number of likely N-dealkylation sites (N-methyl/N-ethyl adjacent to an activating group) is 1. The topological polar surface area (TPSA) is 49.6 Å². The Morgan fingerprint density at radius 2 is 2.11 bits per heavy atom. The lowest BCUT2D eigenvalue weighted by Crippen LogP contribution is -2.40. The Kier molecular flexibility index (Phi) is 4.43. The molecule has 4 heteroatoms. The molecule has 1 aromatic carbocycles. The van der Waals surface area contributed by atoms with Gasteiger partial charge in [0, 0.05) is 24.5 Å². The molecule has 0 radical (unpaired) electrons. The van der Waals surface area contributed by atoms with Crippen molar-refractivity contribution in [2.24, 2.45) is 0 Å². The van der Waals surface area contributed by atoms with Crippen molar-refractivity contribution in [1.82, 2.24) is 4.90 Å². The standard InChI is InChI=1S/C15H23N3O/c1-3-13-5-4-10-18(13)11-15(19)17(2)14-8-6-12(16)7-9-14/h6-9,13H,3-5,10-11,16H2,1-2H3. The number of carbonyl (C=O) groups excluding carboxylic acids is 1. The van der Waals surface area contributed by atoms with E-state index in [9.17, 15) is 4.79 Å². The lowest BCUT2D eigenvalue weighted by Gasteiger charge is -2.25. The fraction of sp³-hybridized carbons (Fsp3) is 0.533. The number of hydrogen-bond donors (Lipinski definition) is 1. The average molecular weight is 261 g/mol. The molecule has 0 saturated carbocycles. The molecular formula is C15H23N3O. The van der Waals surface area contributed by atoms with E-state index in [1.54, 1.807) is 4.90 Å². The van der Waals surface area contributed by atoms with Gasteiger partial charge in [-0.05, 0) is 50.1 Å². The lowest BCUT2D eigenvalue weighted by molar-refractivity contribution is -0.119. The molecule has 0 aliphatic carbocycles. The monoisotopic (exact) mass is 261 g/mol. The predicted octanol–water partition coefficient (Wildman–Crippen LogP) is 2.11. The molecular weight excluding hydrogens is 238 g/mol. The van der Waals surface area contributed by atoms with Crippen LogP contribution in [0.2, 0.25) is 0 Å². The highest BCUT2D eigenvalue weighted by Crippen LogP contribution is 2.20. The van der Waals surface area contributed by atoms with Gasteiger partial charge in [0.1, 0.15) is 0 Å². The fourth-order valence-electron chi connectivity index (χ4n) is 2.69. The Hall–Kier alpha value is -1.55. The molecule has 1 heterocycles. The van der Waals surface area contributed by atoms with Gasteiger partial charge in [0.2, 0.25) is 5.91 Å². The van der Waals surface area contributed by atoms with E-state index < -0.39 is 0 Å². The normalized spacial score (nSPS) is 19.6. The van der Waals surface area contributed by atoms with E-state index in [2.05, 4.69) is 11.8 Å². The molecule has 0 bridgehead atoms. The first-order valence-electron chi connectivity index (χ1n) is 6.98. The third-order valence-corrected chi connectivity index (χ3v) is 3.96. The molecule has 0 spiro atoms. The van der Waals surface area contributed by atoms with Gasteiger partial charge in [0.05, 0.1) is 6.54 Å². The van der Waals surface area contributed by atoms with Gasteiger partial charge in [-0.1, -0.05) is 6.92 Å². The number of likely N-dealkylation sites (tertiary alicyclic amines) is 1. The van der Waals surface area contributed by atoms with E-state index in [-0.39, 0.29) is 5.91 Å². The maximum absolute atomic E-state index is 12.3. The number of carbonyl (C=O) groups is 1. The van der Waals surface area contributed by atoms with Crippen molar-refractivity contribution >= 4 is 17.3 Å². The Bertz CT molecular complexity index is 430. The molecule has 2 rings (SSSR count). The Morgan fingerprint density at radius 1 is 1.42 bits per heavy atom. The number of anilines is 2. The quantitative estimate of drug-likeness (QED) is 0.844. The summed E-state index contributed by atoms with van der Waals surface area (Å²) in [5, 5.41) is 0. The predicted molar refractivity (Wildman–Crippen MR) is 79.2 cm³/mol. The van der Waals surface area contributed by atoms with E-state index in [1.165, 1.54) is 12.8 Å². The molecule has 4 nitrogen and oxygen atoms in total. The summed E-state index contributed by atoms with van der Waals surface area (Å²) in [5.74, 6) is 0.144. The van der Waals surface area contributed by atoms with E-state index in [1.807, 2.05) is 31.3 Å². The van der Waals surface area contributed by atoms with Crippen LogP contribution in [0.3, 0.4) is 0 Å². The second-order valence-corrected chi connectivity index (χ2v) is 5.22. The van der Waals surface area contributed by atoms with Gasteiger partial charge in [-0.2, -0.15) is 0 Å². The van der Waals surface area contributed by atoms with Crippen molar-refractivity contribution in [3.8, 4) is 0 Å². The van der Waals surface area contributed by atoms with Crippen LogP contribution in [0.15, 0.2) is 24.3 Å². The van der Waals surface area contributed by atoms with E-state index in [0.717, 1.165) is 24.3 Å². The van der Waals surface area contributed by atoms with Crippen molar-refractivity contribution in [2.75, 3.05) is 30.8 Å². The second kappa shape index (κ2) is 6.06. The fourth-order valence-corrected chi connectivity index (χ4v) is 2.69. The Balaban J connectivity index is 1.97. The number of nitrogens with two attached hydrogens (primary N) is 1. The van der Waals surface area contributed by atoms with Crippen LogP contribution in [-0.2, 0) is 4.79 Å². The van der Waals surface area contributed by atoms with Gasteiger partial charge in [-0.15, -0.1) is 0 Å². The number of hydrogen-bond acceptors (Lipinski definition) is 3. The molecule has 2 N–H and O–H groups in total. The third kappa shape index (κ3) is 3.26. The first-order chi connectivity index (χ1) is 9.11. The molecule has 1 unspecified atom stereocenters. The molecule has 1 saturated heterocycles. The number of nitrogens with zero attached hydrogens (tertiary/aromatic N) is 2. The first kappa shape index (κ1) is 13.9. The van der Waals surface area contributed by atoms with Crippen LogP contribution in [0.4, 0.5) is 11.4 Å². The molecule has 1 aromatic rings. The minimum absolute atomic E-state index is 0.144. The molecule has 1 atom stereocenters. The van der Waals surface area contributed by atoms with Crippen LogP contribution in [0.1, 0.15) is 26.2 Å². The Morgan fingerprint density at radius 3 is 2.74 bits per heavy atom. The van der Waals surface area contributed by atoms with Crippen LogP contribution >= 0.6 is 0 Å². The van der Waals surface area contributed by atoms with Gasteiger partial charge in [0.15, 0.2) is 0 Å². The molecule has 1 fully saturated rings. The molecule has 1 aliphatic heterocycles. The zero-order valence-electron chi connectivity index (χ0n) is 11.8. The summed E-state index contributed by atoms with van der Waals surface area (Å²) in [6.45, 7) is 3.75. The number of nitrogen functional groups attached to an aromatic ring is 1. The summed E-state index contributed by atoms with van der Waals surface area (Å²) >= 11 is 0. The summed E-state index contributed by atoms with van der Waals surface area (Å²) in [7, 11) is 1.82. The average Bonchev–Trinajstić information content (AvgIpc) is 2.86. The van der Waals surface area contributed by atoms with E-state index >= 15 is 0 Å². The molecule has 104 valence electrons. The summed E-state index contributed by atoms with van der Waals surface area (Å²) in [5.41, 5.74) is 7.27. The molecule has 1 amide bonds. The first-order valence-corrected chi connectivity index (χ1v) is 6.98. The smallest absolute Gasteiger partial charge is 0.240 e. The molecule has 1 aliphatic rings. The van der Waals surface area contributed by atoms with Crippen molar-refractivity contribution in [1.29, 1.82) is 0 Å². The van der Waals surface area contributed by atoms with Gasteiger partial charge in [-0.25, -0.2) is 0 Å². The number of amides is 1. The highest BCUT2D eigenvalue weighted by atomic mass is 16.2. The molecule has 0 aromatic heterocycles. The van der Waals surface area contributed by atoms with Crippen molar-refractivity contribution < 1.29 is 4.79 Å². The highest BCUT2D eigenvalue weighted by molar-refractivity contribution is 5.94. The number of benzene rings is 1. The third-order valence-electron chi connectivity index (χ3n) is 3.96. The number of rotatable bonds is 4. The summed E-state index contributed by atoms with van der Waals surface area (Å²) in [6, 6.07) is 7.99. The maximum atomic E-state index is 12.3. The van der Waals surface area contributed by atoms with Crippen molar-refractivity contribution in [3.63, 3.8) is 0 Å².